The van der Waals surface area contributed by atoms with E-state index in [2.05, 4.69) is 0 Å². The SMILES string of the molecule is Cc1oc(C)c(C2(O)CC2)c1C. The quantitative estimate of drug-likeness (QED) is 0.693. The van der Waals surface area contributed by atoms with Gasteiger partial charge in [-0.05, 0) is 39.2 Å². The van der Waals surface area contributed by atoms with Crippen LogP contribution in [0.2, 0.25) is 0 Å². The molecule has 1 saturated carbocycles. The molecule has 0 aliphatic heterocycles. The van der Waals surface area contributed by atoms with E-state index in [0.29, 0.717) is 0 Å². The Kier molecular flexibility index (Phi) is 1.40. The lowest BCUT2D eigenvalue weighted by Gasteiger charge is -2.06. The van der Waals surface area contributed by atoms with Gasteiger partial charge in [-0.15, -0.1) is 0 Å². The maximum Gasteiger partial charge on any atom is 0.107 e. The molecule has 0 saturated heterocycles. The van der Waals surface area contributed by atoms with E-state index in [9.17, 15) is 5.11 Å². The number of aryl methyl sites for hydroxylation is 2. The number of aliphatic hydroxyl groups is 1. The Hall–Kier alpha value is -0.760. The maximum absolute atomic E-state index is 9.92. The fraction of sp³-hybridized carbons (Fsp3) is 0.600. The molecule has 1 heterocycles. The van der Waals surface area contributed by atoms with Crippen LogP contribution in [-0.4, -0.2) is 5.11 Å². The predicted molar refractivity (Wildman–Crippen MR) is 46.0 cm³/mol. The third-order valence-electron chi connectivity index (χ3n) is 2.75. The van der Waals surface area contributed by atoms with Gasteiger partial charge in [0.05, 0.1) is 5.60 Å². The van der Waals surface area contributed by atoms with E-state index in [1.165, 1.54) is 0 Å². The van der Waals surface area contributed by atoms with Crippen molar-refractivity contribution >= 4 is 0 Å². The highest BCUT2D eigenvalue weighted by molar-refractivity contribution is 5.39. The summed E-state index contributed by atoms with van der Waals surface area (Å²) in [7, 11) is 0. The average molecular weight is 166 g/mol. The van der Waals surface area contributed by atoms with Crippen LogP contribution in [0.3, 0.4) is 0 Å². The maximum atomic E-state index is 9.92. The van der Waals surface area contributed by atoms with Gasteiger partial charge < -0.3 is 9.52 Å². The van der Waals surface area contributed by atoms with Gasteiger partial charge in [-0.1, -0.05) is 0 Å². The second-order valence-corrected chi connectivity index (χ2v) is 3.75. The van der Waals surface area contributed by atoms with E-state index in [-0.39, 0.29) is 0 Å². The van der Waals surface area contributed by atoms with Gasteiger partial charge in [0.25, 0.3) is 0 Å². The average Bonchev–Trinajstić information content (AvgIpc) is 2.62. The van der Waals surface area contributed by atoms with Crippen molar-refractivity contribution in [2.45, 2.75) is 39.2 Å². The molecular formula is C10H14O2. The van der Waals surface area contributed by atoms with Gasteiger partial charge in [-0.3, -0.25) is 0 Å². The summed E-state index contributed by atoms with van der Waals surface area (Å²) in [6.07, 6.45) is 1.77. The molecular weight excluding hydrogens is 152 g/mol. The van der Waals surface area contributed by atoms with Crippen LogP contribution in [0.5, 0.6) is 0 Å². The van der Waals surface area contributed by atoms with Gasteiger partial charge in [0.1, 0.15) is 11.5 Å². The molecule has 2 nitrogen and oxygen atoms in total. The molecule has 1 fully saturated rings. The van der Waals surface area contributed by atoms with E-state index in [4.69, 9.17) is 4.42 Å². The van der Waals surface area contributed by atoms with Crippen molar-refractivity contribution in [3.63, 3.8) is 0 Å². The Morgan fingerprint density at radius 2 is 1.75 bits per heavy atom. The van der Waals surface area contributed by atoms with Crippen LogP contribution in [-0.2, 0) is 5.60 Å². The van der Waals surface area contributed by atoms with Gasteiger partial charge in [0.15, 0.2) is 0 Å². The van der Waals surface area contributed by atoms with Crippen molar-refractivity contribution in [1.82, 2.24) is 0 Å². The number of hydrogen-bond acceptors (Lipinski definition) is 2. The second kappa shape index (κ2) is 2.13. The molecule has 1 aromatic heterocycles. The molecule has 1 aromatic rings. The Balaban J connectivity index is 2.55. The minimum absolute atomic E-state index is 0.550. The van der Waals surface area contributed by atoms with E-state index < -0.39 is 5.60 Å². The highest BCUT2D eigenvalue weighted by Gasteiger charge is 2.45. The van der Waals surface area contributed by atoms with Crippen LogP contribution in [0.4, 0.5) is 0 Å². The van der Waals surface area contributed by atoms with Crippen molar-refractivity contribution in [1.29, 1.82) is 0 Å². The van der Waals surface area contributed by atoms with Crippen molar-refractivity contribution < 1.29 is 9.52 Å². The molecule has 0 atom stereocenters. The Bertz CT molecular complexity index is 319. The molecule has 0 aromatic carbocycles. The summed E-state index contributed by atoms with van der Waals surface area (Å²) < 4.78 is 5.45. The minimum Gasteiger partial charge on any atom is -0.466 e. The predicted octanol–water partition coefficient (Wildman–Crippen LogP) is 2.19. The van der Waals surface area contributed by atoms with E-state index in [1.54, 1.807) is 0 Å². The number of rotatable bonds is 1. The van der Waals surface area contributed by atoms with E-state index >= 15 is 0 Å². The zero-order valence-corrected chi connectivity index (χ0v) is 7.77. The molecule has 12 heavy (non-hydrogen) atoms. The zero-order chi connectivity index (χ0) is 8.93. The molecule has 1 aliphatic carbocycles. The Morgan fingerprint density at radius 3 is 2.08 bits per heavy atom. The Morgan fingerprint density at radius 1 is 1.17 bits per heavy atom. The summed E-state index contributed by atoms with van der Waals surface area (Å²) in [6.45, 7) is 5.88. The lowest BCUT2D eigenvalue weighted by atomic mass is 10.0. The molecule has 0 unspecified atom stereocenters. The normalized spacial score (nSPS) is 19.7. The summed E-state index contributed by atoms with van der Waals surface area (Å²) in [5.74, 6) is 1.81. The standard InChI is InChI=1S/C10H14O2/c1-6-7(2)12-8(3)9(6)10(11)4-5-10/h11H,4-5H2,1-3H3. The van der Waals surface area contributed by atoms with Gasteiger partial charge in [0, 0.05) is 5.56 Å². The van der Waals surface area contributed by atoms with Crippen LogP contribution in [0.15, 0.2) is 4.42 Å². The van der Waals surface area contributed by atoms with Crippen molar-refractivity contribution in [2.24, 2.45) is 0 Å². The van der Waals surface area contributed by atoms with Crippen molar-refractivity contribution in [2.75, 3.05) is 0 Å². The van der Waals surface area contributed by atoms with Gasteiger partial charge in [-0.2, -0.15) is 0 Å². The molecule has 2 rings (SSSR count). The van der Waals surface area contributed by atoms with Gasteiger partial charge >= 0.3 is 0 Å². The first kappa shape index (κ1) is 7.87. The van der Waals surface area contributed by atoms with Crippen LogP contribution in [0, 0.1) is 20.8 Å². The molecule has 1 N–H and O–H groups in total. The minimum atomic E-state index is -0.550. The Labute approximate surface area is 72.2 Å². The van der Waals surface area contributed by atoms with Crippen LogP contribution in [0.1, 0.15) is 35.5 Å². The number of hydrogen-bond donors (Lipinski definition) is 1. The highest BCUT2D eigenvalue weighted by atomic mass is 16.3. The summed E-state index contributed by atoms with van der Waals surface area (Å²) in [5, 5.41) is 9.92. The third-order valence-corrected chi connectivity index (χ3v) is 2.75. The van der Waals surface area contributed by atoms with Crippen molar-refractivity contribution in [3.05, 3.63) is 22.6 Å². The highest BCUT2D eigenvalue weighted by Crippen LogP contribution is 2.48. The second-order valence-electron chi connectivity index (χ2n) is 3.75. The van der Waals surface area contributed by atoms with Crippen LogP contribution >= 0.6 is 0 Å². The fourth-order valence-corrected chi connectivity index (χ4v) is 1.84. The van der Waals surface area contributed by atoms with E-state index in [1.807, 2.05) is 20.8 Å². The topological polar surface area (TPSA) is 33.4 Å². The summed E-state index contributed by atoms with van der Waals surface area (Å²) in [4.78, 5) is 0. The number of furan rings is 1. The summed E-state index contributed by atoms with van der Waals surface area (Å²) in [6, 6.07) is 0. The van der Waals surface area contributed by atoms with Gasteiger partial charge in [0.2, 0.25) is 0 Å². The molecule has 0 radical (unpaired) electrons. The monoisotopic (exact) mass is 166 g/mol. The van der Waals surface area contributed by atoms with Crippen molar-refractivity contribution in [3.8, 4) is 0 Å². The fourth-order valence-electron chi connectivity index (χ4n) is 1.84. The molecule has 66 valence electrons. The molecule has 0 spiro atoms. The smallest absolute Gasteiger partial charge is 0.107 e. The summed E-state index contributed by atoms with van der Waals surface area (Å²) in [5.41, 5.74) is 1.60. The first-order chi connectivity index (χ1) is 5.54. The first-order valence-electron chi connectivity index (χ1n) is 4.34. The molecule has 1 aliphatic rings. The molecule has 0 bridgehead atoms. The third kappa shape index (κ3) is 0.911. The zero-order valence-electron chi connectivity index (χ0n) is 7.77. The first-order valence-corrected chi connectivity index (χ1v) is 4.34. The van der Waals surface area contributed by atoms with Crippen LogP contribution < -0.4 is 0 Å². The largest absolute Gasteiger partial charge is 0.466 e. The van der Waals surface area contributed by atoms with E-state index in [0.717, 1.165) is 35.5 Å². The lowest BCUT2D eigenvalue weighted by Crippen LogP contribution is -2.06. The molecule has 2 heteroatoms. The summed E-state index contributed by atoms with van der Waals surface area (Å²) >= 11 is 0. The lowest BCUT2D eigenvalue weighted by molar-refractivity contribution is 0.149. The molecule has 0 amide bonds. The van der Waals surface area contributed by atoms with Crippen LogP contribution in [0.25, 0.3) is 0 Å². The van der Waals surface area contributed by atoms with Gasteiger partial charge in [-0.25, -0.2) is 0 Å².